The number of halogens is 3. The van der Waals surface area contributed by atoms with Gasteiger partial charge in [0.25, 0.3) is 0 Å². The second-order valence-corrected chi connectivity index (χ2v) is 4.10. The molecule has 1 amide bonds. The third kappa shape index (κ3) is 8.56. The van der Waals surface area contributed by atoms with Crippen LogP contribution in [-0.4, -0.2) is 35.2 Å². The molecule has 0 fully saturated rings. The molecule has 0 spiro atoms. The summed E-state index contributed by atoms with van der Waals surface area (Å²) in [6, 6.07) is 0. The fraction of sp³-hybridized carbons (Fsp3) is 0.857. The molecule has 0 unspecified atom stereocenters. The van der Waals surface area contributed by atoms with Crippen LogP contribution in [0.1, 0.15) is 22.2 Å². The molecule has 0 atom stereocenters. The fourth-order valence-corrected chi connectivity index (χ4v) is 0.993. The maximum Gasteiger partial charge on any atom is 1.00 e. The van der Waals surface area contributed by atoms with Gasteiger partial charge in [-0.3, -0.25) is 0 Å². The van der Waals surface area contributed by atoms with Crippen molar-refractivity contribution in [1.82, 2.24) is 4.90 Å². The summed E-state index contributed by atoms with van der Waals surface area (Å²) in [7, 11) is 0. The first kappa shape index (κ1) is 18.1. The Hall–Kier alpha value is 0.761. The van der Waals surface area contributed by atoms with Crippen LogP contribution in [0.15, 0.2) is 0 Å². The van der Waals surface area contributed by atoms with E-state index in [0.717, 1.165) is 4.90 Å². The molecule has 0 aromatic heterocycles. The summed E-state index contributed by atoms with van der Waals surface area (Å²) in [4.78, 5) is 11.4. The molecule has 0 saturated heterocycles. The molecular formula is C7H15BF3KNO2-. The number of amides is 1. The second kappa shape index (κ2) is 6.49. The minimum absolute atomic E-state index is 0. The minimum atomic E-state index is -4.92. The van der Waals surface area contributed by atoms with E-state index in [1.165, 1.54) is 0 Å². The Morgan fingerprint density at radius 2 is 1.80 bits per heavy atom. The maximum absolute atomic E-state index is 11.9. The second-order valence-electron chi connectivity index (χ2n) is 4.10. The van der Waals surface area contributed by atoms with E-state index in [1.807, 2.05) is 0 Å². The SMILES string of the molecule is CC(C)(C)N(CC[B-](F)(F)F)C(=O)O.[H-].[K+]. The topological polar surface area (TPSA) is 40.5 Å². The largest absolute Gasteiger partial charge is 1.00 e. The van der Waals surface area contributed by atoms with E-state index in [9.17, 15) is 17.7 Å². The van der Waals surface area contributed by atoms with E-state index in [1.54, 1.807) is 20.8 Å². The van der Waals surface area contributed by atoms with Crippen LogP contribution in [0.2, 0.25) is 6.32 Å². The third-order valence-corrected chi connectivity index (χ3v) is 1.72. The molecule has 0 aliphatic heterocycles. The van der Waals surface area contributed by atoms with E-state index in [0.29, 0.717) is 0 Å². The molecule has 3 nitrogen and oxygen atoms in total. The fourth-order valence-electron chi connectivity index (χ4n) is 0.993. The van der Waals surface area contributed by atoms with Crippen LogP contribution in [0.4, 0.5) is 17.7 Å². The Labute approximate surface area is 131 Å². The van der Waals surface area contributed by atoms with Crippen molar-refractivity contribution in [2.24, 2.45) is 0 Å². The number of nitrogens with zero attached hydrogens (tertiary/aromatic N) is 1. The molecule has 0 aromatic rings. The molecule has 0 radical (unpaired) electrons. The van der Waals surface area contributed by atoms with E-state index in [4.69, 9.17) is 5.11 Å². The molecule has 8 heteroatoms. The molecule has 0 rings (SSSR count). The molecule has 0 aliphatic carbocycles. The van der Waals surface area contributed by atoms with Crippen molar-refractivity contribution in [1.29, 1.82) is 0 Å². The third-order valence-electron chi connectivity index (χ3n) is 1.72. The standard InChI is InChI=1S/C7H14BF3NO2.K.H/c1-7(2,3)12(6(13)14)5-4-8(9,10)11;;/h4-5H2,1-3H3,(H,13,14);;/q-1;+1;-1. The zero-order valence-electron chi connectivity index (χ0n) is 10.4. The summed E-state index contributed by atoms with van der Waals surface area (Å²) in [6.45, 7) is -0.736. The first-order valence-corrected chi connectivity index (χ1v) is 4.25. The van der Waals surface area contributed by atoms with Crippen LogP contribution in [0.5, 0.6) is 0 Å². The Morgan fingerprint density at radius 3 is 2.00 bits per heavy atom. The predicted octanol–water partition coefficient (Wildman–Crippen LogP) is -0.271. The van der Waals surface area contributed by atoms with Crippen LogP contribution >= 0.6 is 0 Å². The number of carboxylic acid groups (broad SMARTS) is 1. The summed E-state index contributed by atoms with van der Waals surface area (Å²) < 4.78 is 35.7. The van der Waals surface area contributed by atoms with E-state index in [2.05, 4.69) is 0 Å². The molecule has 0 heterocycles. The molecule has 0 aliphatic rings. The summed E-state index contributed by atoms with van der Waals surface area (Å²) in [5.41, 5.74) is -0.798. The zero-order chi connectivity index (χ0) is 11.6. The van der Waals surface area contributed by atoms with E-state index in [-0.39, 0.29) is 52.8 Å². The maximum atomic E-state index is 11.9. The first-order valence-electron chi connectivity index (χ1n) is 4.25. The molecule has 15 heavy (non-hydrogen) atoms. The van der Waals surface area contributed by atoms with Gasteiger partial charge in [-0.05, 0) is 20.8 Å². The van der Waals surface area contributed by atoms with E-state index >= 15 is 0 Å². The van der Waals surface area contributed by atoms with E-state index < -0.39 is 31.5 Å². The smallest absolute Gasteiger partial charge is 1.00 e. The van der Waals surface area contributed by atoms with Crippen LogP contribution in [0.3, 0.4) is 0 Å². The van der Waals surface area contributed by atoms with Gasteiger partial charge in [0.05, 0.1) is 0 Å². The van der Waals surface area contributed by atoms with Crippen LogP contribution in [0.25, 0.3) is 0 Å². The Balaban J connectivity index is -0.000000845. The van der Waals surface area contributed by atoms with Gasteiger partial charge in [0.15, 0.2) is 0 Å². The average molecular weight is 252 g/mol. The monoisotopic (exact) mass is 252 g/mol. The van der Waals surface area contributed by atoms with Crippen molar-refractivity contribution in [2.45, 2.75) is 32.6 Å². The predicted molar refractivity (Wildman–Crippen MR) is 49.5 cm³/mol. The number of hydrogen-bond acceptors (Lipinski definition) is 1. The van der Waals surface area contributed by atoms with Gasteiger partial charge in [-0.25, -0.2) is 4.79 Å². The van der Waals surface area contributed by atoms with Crippen molar-refractivity contribution in [3.05, 3.63) is 0 Å². The Kier molecular flexibility index (Phi) is 7.84. The molecule has 86 valence electrons. The number of carbonyl (C=O) groups is 1. The van der Waals surface area contributed by atoms with Gasteiger partial charge in [-0.2, -0.15) is 0 Å². The zero-order valence-corrected chi connectivity index (χ0v) is 12.6. The molecule has 1 N–H and O–H groups in total. The van der Waals surface area contributed by atoms with Gasteiger partial charge < -0.3 is 24.4 Å². The van der Waals surface area contributed by atoms with Crippen molar-refractivity contribution in [3.8, 4) is 0 Å². The minimum Gasteiger partial charge on any atom is -1.00 e. The van der Waals surface area contributed by atoms with Gasteiger partial charge in [0.1, 0.15) is 0 Å². The van der Waals surface area contributed by atoms with Crippen molar-refractivity contribution < 1.29 is 75.7 Å². The Morgan fingerprint density at radius 1 is 1.40 bits per heavy atom. The van der Waals surface area contributed by atoms with Crippen LogP contribution in [0, 0.1) is 0 Å². The van der Waals surface area contributed by atoms with Crippen molar-refractivity contribution in [2.75, 3.05) is 6.54 Å². The Bertz CT molecular complexity index is 223. The summed E-state index contributed by atoms with van der Waals surface area (Å²) in [5.74, 6) is 0. The van der Waals surface area contributed by atoms with Crippen LogP contribution in [-0.2, 0) is 0 Å². The molecular weight excluding hydrogens is 237 g/mol. The van der Waals surface area contributed by atoms with Gasteiger partial charge in [0.2, 0.25) is 0 Å². The van der Waals surface area contributed by atoms with Crippen molar-refractivity contribution >= 4 is 13.1 Å². The molecule has 0 saturated carbocycles. The summed E-state index contributed by atoms with van der Waals surface area (Å²) in [5, 5.41) is 8.67. The summed E-state index contributed by atoms with van der Waals surface area (Å²) >= 11 is 0. The first-order chi connectivity index (χ1) is 6.04. The summed E-state index contributed by atoms with van der Waals surface area (Å²) in [6.07, 6.45) is -2.37. The average Bonchev–Trinajstić information content (AvgIpc) is 1.79. The van der Waals surface area contributed by atoms with Gasteiger partial charge in [0, 0.05) is 12.1 Å². The molecule has 0 aromatic carbocycles. The van der Waals surface area contributed by atoms with Gasteiger partial charge >= 0.3 is 64.5 Å². The molecule has 0 bridgehead atoms. The normalized spacial score (nSPS) is 11.9. The van der Waals surface area contributed by atoms with Crippen molar-refractivity contribution in [3.63, 3.8) is 0 Å². The quantitative estimate of drug-likeness (QED) is 0.702. The van der Waals surface area contributed by atoms with Gasteiger partial charge in [-0.1, -0.05) is 6.32 Å². The number of rotatable bonds is 3. The number of hydrogen-bond donors (Lipinski definition) is 1. The van der Waals surface area contributed by atoms with Gasteiger partial charge in [-0.15, -0.1) is 0 Å². The van der Waals surface area contributed by atoms with Crippen LogP contribution < -0.4 is 51.4 Å².